The average Bonchev–Trinajstić information content (AvgIpc) is 2.48. The van der Waals surface area contributed by atoms with Crippen LogP contribution in [0.25, 0.3) is 22.3 Å². The molecule has 0 fully saturated rings. The summed E-state index contributed by atoms with van der Waals surface area (Å²) < 4.78 is 2.91. The summed E-state index contributed by atoms with van der Waals surface area (Å²) in [5.41, 5.74) is 3.08. The van der Waals surface area contributed by atoms with E-state index in [9.17, 15) is 4.79 Å². The highest BCUT2D eigenvalue weighted by Gasteiger charge is 2.25. The van der Waals surface area contributed by atoms with Crippen molar-refractivity contribution in [1.82, 2.24) is 9.55 Å². The topological polar surface area (TPSA) is 34.9 Å². The predicted molar refractivity (Wildman–Crippen MR) is 87.6 cm³/mol. The van der Waals surface area contributed by atoms with Crippen molar-refractivity contribution in [2.24, 2.45) is 0 Å². The van der Waals surface area contributed by atoms with Crippen molar-refractivity contribution in [2.45, 2.75) is 19.4 Å². The van der Waals surface area contributed by atoms with E-state index in [4.69, 9.17) is 4.98 Å². The summed E-state index contributed by atoms with van der Waals surface area (Å²) in [5, 5.41) is 0.687. The quantitative estimate of drug-likeness (QED) is 0.621. The van der Waals surface area contributed by atoms with E-state index in [-0.39, 0.29) is 11.6 Å². The van der Waals surface area contributed by atoms with Crippen LogP contribution < -0.4 is 5.56 Å². The standard InChI is InChI=1S/C17H13BrN2O/c1-10-9-13-11(6-4-7-14(13)18)16-19-15-8-3-2-5-12(15)17(21)20(10)16/h2-8,10H,9H2,1H3. The van der Waals surface area contributed by atoms with Gasteiger partial charge in [-0.25, -0.2) is 4.98 Å². The molecule has 4 heteroatoms. The Bertz CT molecular complexity index is 930. The Morgan fingerprint density at radius 2 is 2.00 bits per heavy atom. The highest BCUT2D eigenvalue weighted by atomic mass is 79.9. The summed E-state index contributed by atoms with van der Waals surface area (Å²) in [7, 11) is 0. The first-order valence-corrected chi connectivity index (χ1v) is 7.75. The van der Waals surface area contributed by atoms with Crippen molar-refractivity contribution in [1.29, 1.82) is 0 Å². The van der Waals surface area contributed by atoms with Crippen LogP contribution in [0.3, 0.4) is 0 Å². The van der Waals surface area contributed by atoms with Crippen LogP contribution in [0.4, 0.5) is 0 Å². The molecule has 104 valence electrons. The molecule has 0 bridgehead atoms. The fourth-order valence-electron chi connectivity index (χ4n) is 3.11. The van der Waals surface area contributed by atoms with Gasteiger partial charge in [0.2, 0.25) is 0 Å². The van der Waals surface area contributed by atoms with Gasteiger partial charge in [0.25, 0.3) is 5.56 Å². The lowest BCUT2D eigenvalue weighted by Gasteiger charge is -2.27. The number of aromatic nitrogens is 2. The van der Waals surface area contributed by atoms with Crippen molar-refractivity contribution >= 4 is 26.8 Å². The second kappa shape index (κ2) is 4.53. The van der Waals surface area contributed by atoms with E-state index in [1.807, 2.05) is 47.0 Å². The lowest BCUT2D eigenvalue weighted by molar-refractivity contribution is 0.515. The zero-order valence-electron chi connectivity index (χ0n) is 11.5. The number of rotatable bonds is 0. The first kappa shape index (κ1) is 12.8. The number of halogens is 1. The third-order valence-electron chi connectivity index (χ3n) is 4.11. The van der Waals surface area contributed by atoms with Gasteiger partial charge in [-0.05, 0) is 37.1 Å². The minimum atomic E-state index is 0.0497. The molecular weight excluding hydrogens is 328 g/mol. The summed E-state index contributed by atoms with van der Waals surface area (Å²) in [6.45, 7) is 2.07. The first-order chi connectivity index (χ1) is 10.2. The smallest absolute Gasteiger partial charge is 0.261 e. The zero-order valence-corrected chi connectivity index (χ0v) is 13.1. The third-order valence-corrected chi connectivity index (χ3v) is 4.85. The molecule has 1 aliphatic rings. The minimum Gasteiger partial charge on any atom is -0.289 e. The Morgan fingerprint density at radius 1 is 1.19 bits per heavy atom. The van der Waals surface area contributed by atoms with E-state index in [2.05, 4.69) is 22.9 Å². The lowest BCUT2D eigenvalue weighted by Crippen LogP contribution is -2.30. The number of fused-ring (bicyclic) bond motifs is 4. The monoisotopic (exact) mass is 340 g/mol. The van der Waals surface area contributed by atoms with Gasteiger partial charge in [0.05, 0.1) is 10.9 Å². The normalized spacial score (nSPS) is 16.6. The van der Waals surface area contributed by atoms with Gasteiger partial charge in [0, 0.05) is 16.1 Å². The Morgan fingerprint density at radius 3 is 2.86 bits per heavy atom. The number of benzene rings is 2. The number of nitrogens with zero attached hydrogens (tertiary/aromatic N) is 2. The Balaban J connectivity index is 2.17. The minimum absolute atomic E-state index is 0.0497. The van der Waals surface area contributed by atoms with Crippen molar-refractivity contribution in [3.8, 4) is 11.4 Å². The van der Waals surface area contributed by atoms with Gasteiger partial charge in [0.1, 0.15) is 5.82 Å². The van der Waals surface area contributed by atoms with Gasteiger partial charge in [-0.15, -0.1) is 0 Å². The number of hydrogen-bond donors (Lipinski definition) is 0. The predicted octanol–water partition coefficient (Wildman–Crippen LogP) is 3.94. The Hall–Kier alpha value is -1.94. The fraction of sp³-hybridized carbons (Fsp3) is 0.176. The van der Waals surface area contributed by atoms with Gasteiger partial charge in [-0.1, -0.05) is 40.2 Å². The molecule has 0 amide bonds. The molecule has 3 aromatic rings. The first-order valence-electron chi connectivity index (χ1n) is 6.96. The molecule has 2 aromatic carbocycles. The second-order valence-corrected chi connectivity index (χ2v) is 6.30. The third kappa shape index (κ3) is 1.79. The van der Waals surface area contributed by atoms with Gasteiger partial charge in [0.15, 0.2) is 0 Å². The van der Waals surface area contributed by atoms with Crippen LogP contribution in [0.2, 0.25) is 0 Å². The van der Waals surface area contributed by atoms with Crippen molar-refractivity contribution in [3.63, 3.8) is 0 Å². The maximum atomic E-state index is 12.8. The van der Waals surface area contributed by atoms with Gasteiger partial charge >= 0.3 is 0 Å². The highest BCUT2D eigenvalue weighted by Crippen LogP contribution is 2.36. The molecule has 0 aliphatic carbocycles. The molecule has 1 aliphatic heterocycles. The molecule has 0 saturated carbocycles. The summed E-state index contributed by atoms with van der Waals surface area (Å²) in [5.74, 6) is 0.772. The lowest BCUT2D eigenvalue weighted by atomic mass is 9.95. The molecule has 1 atom stereocenters. The second-order valence-electron chi connectivity index (χ2n) is 5.45. The summed E-state index contributed by atoms with van der Waals surface area (Å²) >= 11 is 3.61. The molecule has 0 saturated heterocycles. The van der Waals surface area contributed by atoms with Crippen molar-refractivity contribution < 1.29 is 0 Å². The van der Waals surface area contributed by atoms with Crippen LogP contribution >= 0.6 is 15.9 Å². The SMILES string of the molecule is CC1Cc2c(Br)cccc2-c2nc3ccccc3c(=O)n21. The molecule has 2 heterocycles. The van der Waals surface area contributed by atoms with Crippen molar-refractivity contribution in [2.75, 3.05) is 0 Å². The van der Waals surface area contributed by atoms with Crippen LogP contribution in [0, 0.1) is 0 Å². The van der Waals surface area contributed by atoms with E-state index in [1.165, 1.54) is 5.56 Å². The zero-order chi connectivity index (χ0) is 14.6. The molecule has 3 nitrogen and oxygen atoms in total. The van der Waals surface area contributed by atoms with Crippen LogP contribution in [0.5, 0.6) is 0 Å². The summed E-state index contributed by atoms with van der Waals surface area (Å²) in [4.78, 5) is 17.5. The largest absolute Gasteiger partial charge is 0.289 e. The van der Waals surface area contributed by atoms with E-state index in [0.717, 1.165) is 27.8 Å². The van der Waals surface area contributed by atoms with Gasteiger partial charge < -0.3 is 0 Å². The molecule has 21 heavy (non-hydrogen) atoms. The number of para-hydroxylation sites is 1. The molecule has 0 N–H and O–H groups in total. The molecule has 1 aromatic heterocycles. The van der Waals surface area contributed by atoms with E-state index in [1.54, 1.807) is 0 Å². The summed E-state index contributed by atoms with van der Waals surface area (Å²) in [6.07, 6.45) is 0.837. The average molecular weight is 341 g/mol. The van der Waals surface area contributed by atoms with Crippen LogP contribution in [-0.2, 0) is 6.42 Å². The van der Waals surface area contributed by atoms with Crippen LogP contribution in [0.15, 0.2) is 51.7 Å². The maximum absolute atomic E-state index is 12.8. The van der Waals surface area contributed by atoms with Crippen LogP contribution in [0.1, 0.15) is 18.5 Å². The molecule has 4 rings (SSSR count). The molecule has 0 spiro atoms. The van der Waals surface area contributed by atoms with Gasteiger partial charge in [-0.3, -0.25) is 9.36 Å². The van der Waals surface area contributed by atoms with E-state index in [0.29, 0.717) is 5.39 Å². The van der Waals surface area contributed by atoms with Gasteiger partial charge in [-0.2, -0.15) is 0 Å². The van der Waals surface area contributed by atoms with E-state index >= 15 is 0 Å². The Kier molecular flexibility index (Phi) is 2.76. The number of hydrogen-bond acceptors (Lipinski definition) is 2. The Labute approximate surface area is 130 Å². The molecule has 0 radical (unpaired) electrons. The van der Waals surface area contributed by atoms with Crippen molar-refractivity contribution in [3.05, 3.63) is 62.9 Å². The highest BCUT2D eigenvalue weighted by molar-refractivity contribution is 9.10. The summed E-state index contributed by atoms with van der Waals surface area (Å²) in [6, 6.07) is 13.7. The fourth-order valence-corrected chi connectivity index (χ4v) is 3.64. The van der Waals surface area contributed by atoms with Crippen LogP contribution in [-0.4, -0.2) is 9.55 Å². The maximum Gasteiger partial charge on any atom is 0.261 e. The molecule has 1 unspecified atom stereocenters. The molecular formula is C17H13BrN2O. The van der Waals surface area contributed by atoms with E-state index < -0.39 is 0 Å².